The maximum Gasteiger partial charge on any atom is 0.326 e. The summed E-state index contributed by atoms with van der Waals surface area (Å²) in [6.07, 6.45) is 4.66. The lowest BCUT2D eigenvalue weighted by molar-refractivity contribution is 0.218. The molecule has 1 N–H and O–H groups in total. The van der Waals surface area contributed by atoms with Crippen molar-refractivity contribution in [2.24, 2.45) is 5.92 Å². The molecule has 0 aromatic heterocycles. The molecule has 2 unspecified atom stereocenters. The number of carbonyl (C=O) groups is 1. The smallest absolute Gasteiger partial charge is 0.326 e. The van der Waals surface area contributed by atoms with Gasteiger partial charge in [-0.15, -0.1) is 0 Å². The summed E-state index contributed by atoms with van der Waals surface area (Å²) in [6, 6.07) is 10.0. The van der Waals surface area contributed by atoms with Crippen LogP contribution in [0.25, 0.3) is 0 Å². The van der Waals surface area contributed by atoms with E-state index in [4.69, 9.17) is 0 Å². The first kappa shape index (κ1) is 11.3. The Morgan fingerprint density at radius 2 is 1.89 bits per heavy atom. The van der Waals surface area contributed by atoms with Crippen LogP contribution >= 0.6 is 0 Å². The summed E-state index contributed by atoms with van der Waals surface area (Å²) < 4.78 is 0. The van der Waals surface area contributed by atoms with Gasteiger partial charge in [-0.05, 0) is 25.0 Å². The molecule has 0 bridgehead atoms. The molecule has 94 valence electrons. The number of nitrogens with one attached hydrogen (secondary N) is 1. The van der Waals surface area contributed by atoms with Crippen molar-refractivity contribution in [1.29, 1.82) is 0 Å². The molecule has 1 aliphatic heterocycles. The molecular formula is C15H18N2O. The van der Waals surface area contributed by atoms with Crippen molar-refractivity contribution in [3.8, 4) is 0 Å². The van der Waals surface area contributed by atoms with E-state index in [2.05, 4.69) is 11.9 Å². The first-order valence-electron chi connectivity index (χ1n) is 6.62. The first-order valence-corrected chi connectivity index (χ1v) is 6.62. The molecule has 0 spiro atoms. The van der Waals surface area contributed by atoms with Crippen molar-refractivity contribution in [2.45, 2.75) is 31.7 Å². The van der Waals surface area contributed by atoms with Gasteiger partial charge in [0.05, 0.1) is 5.69 Å². The zero-order valence-corrected chi connectivity index (χ0v) is 10.4. The van der Waals surface area contributed by atoms with Crippen LogP contribution in [0.15, 0.2) is 42.6 Å². The SMILES string of the molecule is C=C1C2CCCCC2NC(=O)N1c1ccccc1. The lowest BCUT2D eigenvalue weighted by atomic mass is 9.81. The van der Waals surface area contributed by atoms with Crippen LogP contribution in [-0.4, -0.2) is 12.1 Å². The van der Waals surface area contributed by atoms with Gasteiger partial charge in [0, 0.05) is 17.7 Å². The van der Waals surface area contributed by atoms with Gasteiger partial charge in [0.25, 0.3) is 0 Å². The minimum absolute atomic E-state index is 0.0330. The molecule has 1 saturated carbocycles. The van der Waals surface area contributed by atoms with Gasteiger partial charge in [-0.25, -0.2) is 4.79 Å². The van der Waals surface area contributed by atoms with Crippen LogP contribution < -0.4 is 10.2 Å². The van der Waals surface area contributed by atoms with Crippen molar-refractivity contribution < 1.29 is 4.79 Å². The highest BCUT2D eigenvalue weighted by atomic mass is 16.2. The summed E-state index contributed by atoms with van der Waals surface area (Å²) in [6.45, 7) is 4.17. The lowest BCUT2D eigenvalue weighted by Gasteiger charge is -2.43. The predicted molar refractivity (Wildman–Crippen MR) is 72.3 cm³/mol. The van der Waals surface area contributed by atoms with E-state index in [1.165, 1.54) is 12.8 Å². The van der Waals surface area contributed by atoms with Crippen molar-refractivity contribution in [3.05, 3.63) is 42.6 Å². The van der Waals surface area contributed by atoms with Gasteiger partial charge < -0.3 is 5.32 Å². The molecule has 1 heterocycles. The van der Waals surface area contributed by atoms with Crippen LogP contribution in [0.2, 0.25) is 0 Å². The number of carbonyl (C=O) groups excluding carboxylic acids is 1. The molecule has 2 aliphatic rings. The summed E-state index contributed by atoms with van der Waals surface area (Å²) in [5.41, 5.74) is 1.86. The molecular weight excluding hydrogens is 224 g/mol. The topological polar surface area (TPSA) is 32.3 Å². The number of rotatable bonds is 1. The number of hydrogen-bond acceptors (Lipinski definition) is 1. The van der Waals surface area contributed by atoms with Crippen molar-refractivity contribution >= 4 is 11.7 Å². The van der Waals surface area contributed by atoms with E-state index in [0.717, 1.165) is 24.2 Å². The minimum atomic E-state index is -0.0330. The molecule has 18 heavy (non-hydrogen) atoms. The molecule has 3 nitrogen and oxygen atoms in total. The standard InChI is InChI=1S/C15H18N2O/c1-11-13-9-5-6-10-14(13)16-15(18)17(11)12-7-3-2-4-8-12/h2-4,7-8,13-14H,1,5-6,9-10H2,(H,16,18). The van der Waals surface area contributed by atoms with Crippen molar-refractivity contribution in [3.63, 3.8) is 0 Å². The van der Waals surface area contributed by atoms with E-state index < -0.39 is 0 Å². The van der Waals surface area contributed by atoms with Gasteiger partial charge in [-0.3, -0.25) is 4.90 Å². The zero-order chi connectivity index (χ0) is 12.5. The summed E-state index contributed by atoms with van der Waals surface area (Å²) >= 11 is 0. The van der Waals surface area contributed by atoms with Crippen molar-refractivity contribution in [1.82, 2.24) is 5.32 Å². The van der Waals surface area contributed by atoms with E-state index in [1.54, 1.807) is 4.90 Å². The number of anilines is 1. The molecule has 1 saturated heterocycles. The second-order valence-corrected chi connectivity index (χ2v) is 5.11. The average molecular weight is 242 g/mol. The Morgan fingerprint density at radius 3 is 2.67 bits per heavy atom. The molecule has 3 heteroatoms. The Labute approximate surface area is 107 Å². The molecule has 0 radical (unpaired) electrons. The highest BCUT2D eigenvalue weighted by molar-refractivity contribution is 5.96. The van der Waals surface area contributed by atoms with Gasteiger partial charge >= 0.3 is 6.03 Å². The second-order valence-electron chi connectivity index (χ2n) is 5.11. The number of benzene rings is 1. The van der Waals surface area contributed by atoms with Crippen LogP contribution in [0.4, 0.5) is 10.5 Å². The molecule has 3 rings (SSSR count). The lowest BCUT2D eigenvalue weighted by Crippen LogP contribution is -2.56. The average Bonchev–Trinajstić information content (AvgIpc) is 2.40. The number of nitrogens with zero attached hydrogens (tertiary/aromatic N) is 1. The van der Waals surface area contributed by atoms with Gasteiger partial charge in [-0.2, -0.15) is 0 Å². The van der Waals surface area contributed by atoms with E-state index in [9.17, 15) is 4.79 Å². The third-order valence-electron chi connectivity index (χ3n) is 4.01. The number of fused-ring (bicyclic) bond motifs is 1. The molecule has 1 aromatic carbocycles. The fourth-order valence-corrected chi connectivity index (χ4v) is 3.08. The first-order chi connectivity index (χ1) is 8.77. The van der Waals surface area contributed by atoms with Crippen LogP contribution in [-0.2, 0) is 0 Å². The Kier molecular flexibility index (Phi) is 2.82. The molecule has 2 fully saturated rings. The molecule has 2 amide bonds. The van der Waals surface area contributed by atoms with E-state index in [1.807, 2.05) is 30.3 Å². The number of hydrogen-bond donors (Lipinski definition) is 1. The Morgan fingerprint density at radius 1 is 1.17 bits per heavy atom. The van der Waals surface area contributed by atoms with E-state index in [0.29, 0.717) is 12.0 Å². The fourth-order valence-electron chi connectivity index (χ4n) is 3.08. The van der Waals surface area contributed by atoms with Crippen LogP contribution in [0.5, 0.6) is 0 Å². The number of urea groups is 1. The predicted octanol–water partition coefficient (Wildman–Crippen LogP) is 3.29. The summed E-state index contributed by atoms with van der Waals surface area (Å²) in [7, 11) is 0. The Balaban J connectivity index is 1.91. The summed E-state index contributed by atoms with van der Waals surface area (Å²) in [5, 5.41) is 3.12. The Hall–Kier alpha value is -1.77. The molecule has 2 atom stereocenters. The Bertz CT molecular complexity index is 469. The number of para-hydroxylation sites is 1. The minimum Gasteiger partial charge on any atom is -0.334 e. The van der Waals surface area contributed by atoms with E-state index >= 15 is 0 Å². The van der Waals surface area contributed by atoms with Crippen LogP contribution in [0.1, 0.15) is 25.7 Å². The summed E-state index contributed by atoms with van der Waals surface area (Å²) in [4.78, 5) is 13.9. The maximum atomic E-state index is 12.2. The largest absolute Gasteiger partial charge is 0.334 e. The normalized spacial score (nSPS) is 27.7. The highest BCUT2D eigenvalue weighted by Crippen LogP contribution is 2.36. The van der Waals surface area contributed by atoms with Gasteiger partial charge in [0.15, 0.2) is 0 Å². The monoisotopic (exact) mass is 242 g/mol. The molecule has 1 aliphatic carbocycles. The van der Waals surface area contributed by atoms with Crippen LogP contribution in [0.3, 0.4) is 0 Å². The quantitative estimate of drug-likeness (QED) is 0.805. The fraction of sp³-hybridized carbons (Fsp3) is 0.400. The van der Waals surface area contributed by atoms with Crippen molar-refractivity contribution in [2.75, 3.05) is 4.90 Å². The van der Waals surface area contributed by atoms with Crippen LogP contribution in [0, 0.1) is 5.92 Å². The second kappa shape index (κ2) is 4.48. The maximum absolute atomic E-state index is 12.2. The van der Waals surface area contributed by atoms with E-state index in [-0.39, 0.29) is 6.03 Å². The highest BCUT2D eigenvalue weighted by Gasteiger charge is 2.38. The van der Waals surface area contributed by atoms with Gasteiger partial charge in [-0.1, -0.05) is 37.6 Å². The van der Waals surface area contributed by atoms with Gasteiger partial charge in [0.1, 0.15) is 0 Å². The zero-order valence-electron chi connectivity index (χ0n) is 10.4. The molecule has 1 aromatic rings. The third kappa shape index (κ3) is 1.80. The number of amides is 2. The third-order valence-corrected chi connectivity index (χ3v) is 4.01. The van der Waals surface area contributed by atoms with Gasteiger partial charge in [0.2, 0.25) is 0 Å². The summed E-state index contributed by atoms with van der Waals surface area (Å²) in [5.74, 6) is 0.400.